The summed E-state index contributed by atoms with van der Waals surface area (Å²) in [7, 11) is 0. The molecule has 6 heteroatoms. The molecule has 0 aliphatic carbocycles. The molecule has 3 nitrogen and oxygen atoms in total. The van der Waals surface area contributed by atoms with Gasteiger partial charge in [0.05, 0.1) is 15.5 Å². The number of aromatic hydroxyl groups is 1. The second kappa shape index (κ2) is 4.33. The van der Waals surface area contributed by atoms with E-state index in [4.69, 9.17) is 11.6 Å². The molecule has 0 atom stereocenters. The lowest BCUT2D eigenvalue weighted by Crippen LogP contribution is -1.89. The van der Waals surface area contributed by atoms with E-state index in [9.17, 15) is 5.11 Å². The third-order valence-electron chi connectivity index (χ3n) is 2.56. The summed E-state index contributed by atoms with van der Waals surface area (Å²) >= 11 is 12.6. The zero-order chi connectivity index (χ0) is 12.9. The van der Waals surface area contributed by atoms with E-state index in [0.29, 0.717) is 26.0 Å². The molecule has 0 radical (unpaired) electrons. The van der Waals surface area contributed by atoms with Crippen LogP contribution in [0.25, 0.3) is 22.1 Å². The average molecular weight is 388 g/mol. The van der Waals surface area contributed by atoms with Crippen molar-refractivity contribution in [2.24, 2.45) is 0 Å². The number of hydrogen-bond donors (Lipinski definition) is 1. The van der Waals surface area contributed by atoms with E-state index in [2.05, 4.69) is 41.8 Å². The average Bonchev–Trinajstić information content (AvgIpc) is 2.34. The quantitative estimate of drug-likeness (QED) is 0.570. The molecule has 1 N–H and O–H groups in total. The van der Waals surface area contributed by atoms with Crippen LogP contribution < -0.4 is 0 Å². The van der Waals surface area contributed by atoms with Crippen LogP contribution in [-0.2, 0) is 0 Å². The minimum Gasteiger partial charge on any atom is -0.504 e. The highest BCUT2D eigenvalue weighted by atomic mass is 79.9. The lowest BCUT2D eigenvalue weighted by Gasteiger charge is -2.06. The molecule has 18 heavy (non-hydrogen) atoms. The van der Waals surface area contributed by atoms with Crippen molar-refractivity contribution in [1.29, 1.82) is 0 Å². The SMILES string of the molecule is Oc1c(Br)cc(Br)c2nc3ccc(Cl)cc3nc12. The minimum absolute atomic E-state index is 0.0718. The van der Waals surface area contributed by atoms with Gasteiger partial charge in [0.15, 0.2) is 5.75 Å². The van der Waals surface area contributed by atoms with Gasteiger partial charge in [0, 0.05) is 9.50 Å². The first-order valence-corrected chi connectivity index (χ1v) is 6.96. The molecular weight excluding hydrogens is 383 g/mol. The Kier molecular flexibility index (Phi) is 2.92. The lowest BCUT2D eigenvalue weighted by atomic mass is 10.2. The zero-order valence-electron chi connectivity index (χ0n) is 8.78. The van der Waals surface area contributed by atoms with Crippen LogP contribution in [0.3, 0.4) is 0 Å². The Morgan fingerprint density at radius 1 is 0.944 bits per heavy atom. The van der Waals surface area contributed by atoms with Gasteiger partial charge in [0.2, 0.25) is 0 Å². The Labute approximate surface area is 124 Å². The van der Waals surface area contributed by atoms with Gasteiger partial charge in [-0.2, -0.15) is 0 Å². The second-order valence-electron chi connectivity index (χ2n) is 3.74. The van der Waals surface area contributed by atoms with E-state index >= 15 is 0 Å². The number of phenols is 1. The summed E-state index contributed by atoms with van der Waals surface area (Å²) in [6.45, 7) is 0. The van der Waals surface area contributed by atoms with Crippen molar-refractivity contribution < 1.29 is 5.11 Å². The van der Waals surface area contributed by atoms with Gasteiger partial charge in [-0.15, -0.1) is 0 Å². The monoisotopic (exact) mass is 386 g/mol. The van der Waals surface area contributed by atoms with Gasteiger partial charge in [-0.1, -0.05) is 11.6 Å². The molecule has 1 aromatic heterocycles. The van der Waals surface area contributed by atoms with Crippen molar-refractivity contribution in [3.05, 3.63) is 38.2 Å². The van der Waals surface area contributed by atoms with E-state index in [0.717, 1.165) is 9.99 Å². The van der Waals surface area contributed by atoms with Crippen LogP contribution in [0.4, 0.5) is 0 Å². The summed E-state index contributed by atoms with van der Waals surface area (Å²) in [4.78, 5) is 8.87. The van der Waals surface area contributed by atoms with Gasteiger partial charge < -0.3 is 5.11 Å². The fourth-order valence-electron chi connectivity index (χ4n) is 1.72. The topological polar surface area (TPSA) is 46.0 Å². The van der Waals surface area contributed by atoms with Crippen molar-refractivity contribution in [3.8, 4) is 5.75 Å². The van der Waals surface area contributed by atoms with Crippen molar-refractivity contribution in [3.63, 3.8) is 0 Å². The van der Waals surface area contributed by atoms with Crippen molar-refractivity contribution >= 4 is 65.5 Å². The van der Waals surface area contributed by atoms with Crippen molar-refractivity contribution in [2.45, 2.75) is 0 Å². The number of benzene rings is 2. The Bertz CT molecular complexity index is 792. The first-order chi connectivity index (χ1) is 8.56. The number of fused-ring (bicyclic) bond motifs is 2. The first kappa shape index (κ1) is 12.1. The summed E-state index contributed by atoms with van der Waals surface area (Å²) in [5, 5.41) is 10.6. The number of nitrogens with zero attached hydrogens (tertiary/aromatic N) is 2. The fraction of sp³-hybridized carbons (Fsp3) is 0. The number of rotatable bonds is 0. The normalized spacial score (nSPS) is 11.3. The summed E-state index contributed by atoms with van der Waals surface area (Å²) in [6.07, 6.45) is 0. The molecule has 0 saturated heterocycles. The molecular formula is C12H5Br2ClN2O. The Balaban J connectivity index is 2.52. The molecule has 2 aromatic carbocycles. The molecule has 3 aromatic rings. The maximum atomic E-state index is 10.0. The predicted molar refractivity (Wildman–Crippen MR) is 79.1 cm³/mol. The third kappa shape index (κ3) is 1.86. The van der Waals surface area contributed by atoms with E-state index < -0.39 is 0 Å². The maximum absolute atomic E-state index is 10.0. The van der Waals surface area contributed by atoms with Crippen molar-refractivity contribution in [2.75, 3.05) is 0 Å². The molecule has 0 fully saturated rings. The van der Waals surface area contributed by atoms with Gasteiger partial charge >= 0.3 is 0 Å². The summed E-state index contributed by atoms with van der Waals surface area (Å²) in [5.41, 5.74) is 2.43. The van der Waals surface area contributed by atoms with Crippen LogP contribution >= 0.6 is 43.5 Å². The van der Waals surface area contributed by atoms with Gasteiger partial charge in [-0.05, 0) is 56.1 Å². The highest BCUT2D eigenvalue weighted by Gasteiger charge is 2.12. The van der Waals surface area contributed by atoms with E-state index in [1.807, 2.05) is 0 Å². The van der Waals surface area contributed by atoms with Gasteiger partial charge in [0.25, 0.3) is 0 Å². The summed E-state index contributed by atoms with van der Waals surface area (Å²) in [6, 6.07) is 7.03. The fourth-order valence-corrected chi connectivity index (χ4v) is 3.12. The van der Waals surface area contributed by atoms with Crippen LogP contribution in [0.5, 0.6) is 5.75 Å². The number of phenolic OH excluding ortho intramolecular Hbond substituents is 1. The van der Waals surface area contributed by atoms with Crippen LogP contribution in [0.15, 0.2) is 33.2 Å². The molecule has 0 unspecified atom stereocenters. The molecule has 0 aliphatic rings. The van der Waals surface area contributed by atoms with Crippen LogP contribution in [0.2, 0.25) is 5.02 Å². The number of halogens is 3. The smallest absolute Gasteiger partial charge is 0.157 e. The van der Waals surface area contributed by atoms with Gasteiger partial charge in [0.1, 0.15) is 11.0 Å². The molecule has 3 rings (SSSR count). The maximum Gasteiger partial charge on any atom is 0.157 e. The molecule has 1 heterocycles. The van der Waals surface area contributed by atoms with E-state index in [1.54, 1.807) is 24.3 Å². The Hall–Kier alpha value is -0.910. The molecule has 90 valence electrons. The highest BCUT2D eigenvalue weighted by molar-refractivity contribution is 9.11. The second-order valence-corrected chi connectivity index (χ2v) is 5.89. The zero-order valence-corrected chi connectivity index (χ0v) is 12.7. The molecule has 0 saturated carbocycles. The largest absolute Gasteiger partial charge is 0.504 e. The highest BCUT2D eigenvalue weighted by Crippen LogP contribution is 2.36. The molecule has 0 spiro atoms. The molecule has 0 bridgehead atoms. The minimum atomic E-state index is 0.0718. The molecule has 0 amide bonds. The van der Waals surface area contributed by atoms with E-state index in [1.165, 1.54) is 0 Å². The predicted octanol–water partition coefficient (Wildman–Crippen LogP) is 4.67. The number of hydrogen-bond acceptors (Lipinski definition) is 3. The van der Waals surface area contributed by atoms with Crippen LogP contribution in [0.1, 0.15) is 0 Å². The Morgan fingerprint density at radius 2 is 1.67 bits per heavy atom. The van der Waals surface area contributed by atoms with Gasteiger partial charge in [-0.3, -0.25) is 0 Å². The van der Waals surface area contributed by atoms with Crippen molar-refractivity contribution in [1.82, 2.24) is 9.97 Å². The summed E-state index contributed by atoms with van der Waals surface area (Å²) < 4.78 is 1.34. The third-order valence-corrected chi connectivity index (χ3v) is 4.00. The first-order valence-electron chi connectivity index (χ1n) is 5.00. The lowest BCUT2D eigenvalue weighted by molar-refractivity contribution is 0.477. The standard InChI is InChI=1S/C12H5Br2ClN2O/c13-6-4-7(14)12(18)11-10(6)16-8-2-1-5(15)3-9(8)17-11/h1-4,18H. The Morgan fingerprint density at radius 3 is 2.44 bits per heavy atom. The molecule has 0 aliphatic heterocycles. The van der Waals surface area contributed by atoms with Crippen LogP contribution in [-0.4, -0.2) is 15.1 Å². The van der Waals surface area contributed by atoms with Crippen LogP contribution in [0, 0.1) is 0 Å². The number of aromatic nitrogens is 2. The van der Waals surface area contributed by atoms with E-state index in [-0.39, 0.29) is 5.75 Å². The summed E-state index contributed by atoms with van der Waals surface area (Å²) in [5.74, 6) is 0.0718. The van der Waals surface area contributed by atoms with Gasteiger partial charge in [-0.25, -0.2) is 9.97 Å².